The highest BCUT2D eigenvalue weighted by atomic mass is 16.3. The number of aromatic nitrogens is 1. The minimum Gasteiger partial charge on any atom is -0.456 e. The Hall–Kier alpha value is -8.92. The molecule has 2 aromatic heterocycles. The van der Waals surface area contributed by atoms with E-state index in [2.05, 4.69) is 288 Å². The zero-order chi connectivity index (χ0) is 51.0. The molecule has 0 unspecified atom stereocenters. The molecule has 2 heterocycles. The van der Waals surface area contributed by atoms with Gasteiger partial charge >= 0.3 is 0 Å². The van der Waals surface area contributed by atoms with Crippen LogP contribution in [0.5, 0.6) is 0 Å². The van der Waals surface area contributed by atoms with E-state index in [0.29, 0.717) is 0 Å². The minimum absolute atomic E-state index is 0.0323. The third-order valence-corrected chi connectivity index (χ3v) is 15.3. The molecule has 0 aliphatic carbocycles. The molecule has 13 aromatic rings. The van der Waals surface area contributed by atoms with Gasteiger partial charge in [-0.05, 0) is 127 Å². The van der Waals surface area contributed by atoms with Crippen LogP contribution in [0.3, 0.4) is 0 Å². The fourth-order valence-corrected chi connectivity index (χ4v) is 11.6. The van der Waals surface area contributed by atoms with Gasteiger partial charge in [0.2, 0.25) is 0 Å². The Morgan fingerprint density at radius 1 is 0.347 bits per heavy atom. The number of rotatable bonds is 8. The second-order valence-electron chi connectivity index (χ2n) is 22.1. The number of hydrogen-bond acceptors (Lipinski definition) is 2. The molecule has 0 aliphatic rings. The minimum atomic E-state index is -0.0323. The van der Waals surface area contributed by atoms with E-state index >= 15 is 0 Å². The fourth-order valence-electron chi connectivity index (χ4n) is 11.6. The van der Waals surface area contributed by atoms with Gasteiger partial charge in [0.1, 0.15) is 11.2 Å². The summed E-state index contributed by atoms with van der Waals surface area (Å²) in [6, 6.07) is 89.2. The van der Waals surface area contributed by atoms with Crippen molar-refractivity contribution < 1.29 is 4.42 Å². The standard InChI is InChI=1S/C72H58N2O/c1-71(2,3)50-43-49(44-51(46-50)72(4,5)6)55-33-19-23-47-24-20-35-58(68(47)55)56-29-10-14-37-62(56)74(53-28-18-25-48(45-53)54-34-22-42-67-70(54)61-32-13-17-41-66(61)75-67)63-38-15-11-30-57(63)59-36-21-40-65-69(59)60-31-12-16-39-64(60)73(65)52-26-8-7-9-27-52/h7-46H,1-6H3. The second-order valence-corrected chi connectivity index (χ2v) is 22.1. The molecule has 13 rings (SSSR count). The first-order chi connectivity index (χ1) is 36.5. The van der Waals surface area contributed by atoms with E-state index in [4.69, 9.17) is 4.42 Å². The van der Waals surface area contributed by atoms with Gasteiger partial charge in [-0.3, -0.25) is 0 Å². The molecule has 0 atom stereocenters. The SMILES string of the molecule is CC(C)(C)c1cc(-c2cccc3cccc(-c4ccccc4N(c4cccc(-c5cccc6oc7ccccc7c56)c4)c4ccccc4-c4cccc5c4c4ccccc4n5-c4ccccc4)c23)cc(C(C)(C)C)c1. The van der Waals surface area contributed by atoms with Gasteiger partial charge in [-0.1, -0.05) is 224 Å². The van der Waals surface area contributed by atoms with Gasteiger partial charge in [0.25, 0.3) is 0 Å². The van der Waals surface area contributed by atoms with Crippen LogP contribution in [0.25, 0.3) is 105 Å². The van der Waals surface area contributed by atoms with Crippen LogP contribution >= 0.6 is 0 Å². The smallest absolute Gasteiger partial charge is 0.136 e. The van der Waals surface area contributed by atoms with Crippen LogP contribution in [-0.4, -0.2) is 4.57 Å². The Morgan fingerprint density at radius 3 is 1.55 bits per heavy atom. The molecular formula is C72H58N2O. The lowest BCUT2D eigenvalue weighted by Gasteiger charge is -2.31. The summed E-state index contributed by atoms with van der Waals surface area (Å²) in [5, 5.41) is 7.09. The number of fused-ring (bicyclic) bond motifs is 7. The van der Waals surface area contributed by atoms with Crippen molar-refractivity contribution in [1.29, 1.82) is 0 Å². The fraction of sp³-hybridized carbons (Fsp3) is 0.111. The molecule has 0 spiro atoms. The summed E-state index contributed by atoms with van der Waals surface area (Å²) in [5.74, 6) is 0. The summed E-state index contributed by atoms with van der Waals surface area (Å²) in [6.45, 7) is 13.9. The van der Waals surface area contributed by atoms with Gasteiger partial charge < -0.3 is 13.9 Å². The molecule has 11 aromatic carbocycles. The molecule has 0 amide bonds. The van der Waals surface area contributed by atoms with E-state index in [0.717, 1.165) is 72.5 Å². The van der Waals surface area contributed by atoms with E-state index in [-0.39, 0.29) is 10.8 Å². The van der Waals surface area contributed by atoms with Crippen molar-refractivity contribution in [3.8, 4) is 50.2 Å². The maximum absolute atomic E-state index is 6.47. The molecule has 3 nitrogen and oxygen atoms in total. The molecule has 0 bridgehead atoms. The van der Waals surface area contributed by atoms with Gasteiger partial charge in [0.05, 0.1) is 22.4 Å². The second kappa shape index (κ2) is 17.9. The van der Waals surface area contributed by atoms with Crippen molar-refractivity contribution >= 4 is 71.6 Å². The van der Waals surface area contributed by atoms with Gasteiger partial charge in [-0.2, -0.15) is 0 Å². The van der Waals surface area contributed by atoms with Crippen molar-refractivity contribution in [2.45, 2.75) is 52.4 Å². The third kappa shape index (κ3) is 7.90. The van der Waals surface area contributed by atoms with Gasteiger partial charge in [-0.15, -0.1) is 0 Å². The van der Waals surface area contributed by atoms with E-state index in [1.807, 2.05) is 6.07 Å². The van der Waals surface area contributed by atoms with Crippen molar-refractivity contribution in [1.82, 2.24) is 4.57 Å². The number of hydrogen-bond donors (Lipinski definition) is 0. The zero-order valence-electron chi connectivity index (χ0n) is 43.4. The summed E-state index contributed by atoms with van der Waals surface area (Å²) in [7, 11) is 0. The molecule has 0 radical (unpaired) electrons. The highest BCUT2D eigenvalue weighted by Gasteiger charge is 2.26. The zero-order valence-corrected chi connectivity index (χ0v) is 43.4. The lowest BCUT2D eigenvalue weighted by molar-refractivity contribution is 0.569. The topological polar surface area (TPSA) is 21.3 Å². The van der Waals surface area contributed by atoms with Crippen molar-refractivity contribution in [3.05, 3.63) is 254 Å². The third-order valence-electron chi connectivity index (χ3n) is 15.3. The maximum atomic E-state index is 6.47. The average Bonchev–Trinajstić information content (AvgIpc) is 4.06. The number of para-hydroxylation sites is 5. The molecule has 0 saturated carbocycles. The largest absolute Gasteiger partial charge is 0.456 e. The summed E-state index contributed by atoms with van der Waals surface area (Å²) >= 11 is 0. The van der Waals surface area contributed by atoms with Crippen LogP contribution in [-0.2, 0) is 10.8 Å². The predicted octanol–water partition coefficient (Wildman–Crippen LogP) is 20.6. The predicted molar refractivity (Wildman–Crippen MR) is 319 cm³/mol. The summed E-state index contributed by atoms with van der Waals surface area (Å²) < 4.78 is 8.88. The Labute approximate surface area is 439 Å². The number of nitrogens with zero attached hydrogens (tertiary/aromatic N) is 2. The molecule has 362 valence electrons. The Bertz CT molecular complexity index is 4290. The van der Waals surface area contributed by atoms with Gasteiger partial charge in [-0.25, -0.2) is 0 Å². The lowest BCUT2D eigenvalue weighted by atomic mass is 9.78. The molecule has 0 aliphatic heterocycles. The molecule has 0 fully saturated rings. The maximum Gasteiger partial charge on any atom is 0.136 e. The van der Waals surface area contributed by atoms with E-state index in [1.165, 1.54) is 60.4 Å². The van der Waals surface area contributed by atoms with Crippen molar-refractivity contribution in [2.75, 3.05) is 4.90 Å². The van der Waals surface area contributed by atoms with Crippen LogP contribution in [0.2, 0.25) is 0 Å². The van der Waals surface area contributed by atoms with Crippen LogP contribution < -0.4 is 4.90 Å². The van der Waals surface area contributed by atoms with Crippen LogP contribution in [0, 0.1) is 0 Å². The highest BCUT2D eigenvalue weighted by Crippen LogP contribution is 2.50. The highest BCUT2D eigenvalue weighted by molar-refractivity contribution is 6.18. The van der Waals surface area contributed by atoms with Crippen molar-refractivity contribution in [3.63, 3.8) is 0 Å². The van der Waals surface area contributed by atoms with Crippen molar-refractivity contribution in [2.24, 2.45) is 0 Å². The summed E-state index contributed by atoms with van der Waals surface area (Å²) in [5.41, 5.74) is 20.4. The van der Waals surface area contributed by atoms with Gasteiger partial charge in [0.15, 0.2) is 0 Å². The van der Waals surface area contributed by atoms with Crippen LogP contribution in [0.4, 0.5) is 17.1 Å². The summed E-state index contributed by atoms with van der Waals surface area (Å²) in [6.07, 6.45) is 0. The normalized spacial score (nSPS) is 12.1. The average molecular weight is 967 g/mol. The summed E-state index contributed by atoms with van der Waals surface area (Å²) in [4.78, 5) is 2.51. The molecule has 3 heteroatoms. The van der Waals surface area contributed by atoms with Gasteiger partial charge in [0, 0.05) is 44.0 Å². The molecule has 0 N–H and O–H groups in total. The van der Waals surface area contributed by atoms with Crippen LogP contribution in [0.15, 0.2) is 247 Å². The molecular weight excluding hydrogens is 909 g/mol. The lowest BCUT2D eigenvalue weighted by Crippen LogP contribution is -2.16. The first-order valence-corrected chi connectivity index (χ1v) is 26.2. The molecule has 0 saturated heterocycles. The number of furan rings is 1. The van der Waals surface area contributed by atoms with Crippen LogP contribution in [0.1, 0.15) is 52.7 Å². The molecule has 75 heavy (non-hydrogen) atoms. The monoisotopic (exact) mass is 966 g/mol. The number of benzene rings is 11. The first kappa shape index (κ1) is 45.9. The first-order valence-electron chi connectivity index (χ1n) is 26.2. The Kier molecular flexibility index (Phi) is 11.0. The quantitative estimate of drug-likeness (QED) is 0.151. The Morgan fingerprint density at radius 2 is 0.853 bits per heavy atom. The Balaban J connectivity index is 1.09. The number of anilines is 3. The van der Waals surface area contributed by atoms with E-state index in [9.17, 15) is 0 Å². The van der Waals surface area contributed by atoms with E-state index < -0.39 is 0 Å². The van der Waals surface area contributed by atoms with E-state index in [1.54, 1.807) is 0 Å².